The number of nitrogens with zero attached hydrogens (tertiary/aromatic N) is 3. The molecule has 0 aliphatic rings. The number of halogens is 1. The maximum absolute atomic E-state index is 5.30. The first-order valence-electron chi connectivity index (χ1n) is 6.92. The summed E-state index contributed by atoms with van der Waals surface area (Å²) in [5.41, 5.74) is 1.06. The van der Waals surface area contributed by atoms with Gasteiger partial charge in [0, 0.05) is 32.8 Å². The van der Waals surface area contributed by atoms with Crippen molar-refractivity contribution in [3.8, 4) is 0 Å². The van der Waals surface area contributed by atoms with Crippen molar-refractivity contribution in [3.05, 3.63) is 54.8 Å². The zero-order chi connectivity index (χ0) is 14.9. The average molecular weight is 415 g/mol. The fourth-order valence-electron chi connectivity index (χ4n) is 1.82. The quantitative estimate of drug-likeness (QED) is 0.315. The van der Waals surface area contributed by atoms with Gasteiger partial charge in [0.25, 0.3) is 0 Å². The largest absolute Gasteiger partial charge is 0.469 e. The normalized spacial score (nSPS) is 10.9. The van der Waals surface area contributed by atoms with Crippen LogP contribution in [0.15, 0.2) is 52.7 Å². The molecule has 0 saturated carbocycles. The summed E-state index contributed by atoms with van der Waals surface area (Å²) >= 11 is 0. The van der Waals surface area contributed by atoms with Gasteiger partial charge in [0.05, 0.1) is 18.5 Å². The maximum Gasteiger partial charge on any atom is 0.191 e. The topological polar surface area (TPSA) is 67.4 Å². The summed E-state index contributed by atoms with van der Waals surface area (Å²) in [6.07, 6.45) is 6.07. The van der Waals surface area contributed by atoms with Crippen LogP contribution in [0.3, 0.4) is 0 Å². The molecule has 0 fully saturated rings. The fraction of sp³-hybridized carbons (Fsp3) is 0.333. The third-order valence-corrected chi connectivity index (χ3v) is 2.98. The standard InChI is InChI=1S/C15H21N5O.HI/c1-3-8-16-15(17-9-7-14-5-4-11-21-14)18-12-13-6-10-19-20(13)2;/h3-6,10-11H,1,7-9,12H2,2H3,(H2,16,17,18);1H. The Morgan fingerprint density at radius 1 is 1.45 bits per heavy atom. The molecular formula is C15H22IN5O. The number of hydrogen-bond donors (Lipinski definition) is 2. The first kappa shape index (κ1) is 18.3. The summed E-state index contributed by atoms with van der Waals surface area (Å²) in [4.78, 5) is 4.54. The van der Waals surface area contributed by atoms with Gasteiger partial charge < -0.3 is 15.1 Å². The van der Waals surface area contributed by atoms with Crippen LogP contribution in [0.4, 0.5) is 0 Å². The van der Waals surface area contributed by atoms with Gasteiger partial charge in [-0.1, -0.05) is 6.08 Å². The van der Waals surface area contributed by atoms with E-state index in [0.717, 1.165) is 30.4 Å². The summed E-state index contributed by atoms with van der Waals surface area (Å²) in [6, 6.07) is 5.81. The van der Waals surface area contributed by atoms with Gasteiger partial charge in [-0.25, -0.2) is 4.99 Å². The number of aliphatic imine (C=N–C) groups is 1. The van der Waals surface area contributed by atoms with E-state index in [1.165, 1.54) is 0 Å². The smallest absolute Gasteiger partial charge is 0.191 e. The Morgan fingerprint density at radius 3 is 2.95 bits per heavy atom. The molecule has 0 unspecified atom stereocenters. The van der Waals surface area contributed by atoms with Crippen LogP contribution in [0.5, 0.6) is 0 Å². The highest BCUT2D eigenvalue weighted by molar-refractivity contribution is 14.0. The third-order valence-electron chi connectivity index (χ3n) is 2.98. The van der Waals surface area contributed by atoms with E-state index in [2.05, 4.69) is 27.3 Å². The number of rotatable bonds is 7. The van der Waals surface area contributed by atoms with E-state index in [4.69, 9.17) is 4.42 Å². The minimum absolute atomic E-state index is 0. The molecule has 0 atom stereocenters. The van der Waals surface area contributed by atoms with Crippen LogP contribution < -0.4 is 10.6 Å². The van der Waals surface area contributed by atoms with Gasteiger partial charge in [0.15, 0.2) is 5.96 Å². The lowest BCUT2D eigenvalue weighted by Crippen LogP contribution is -2.38. The van der Waals surface area contributed by atoms with Crippen LogP contribution in [0.2, 0.25) is 0 Å². The van der Waals surface area contributed by atoms with Gasteiger partial charge in [-0.3, -0.25) is 4.68 Å². The van der Waals surface area contributed by atoms with Crippen molar-refractivity contribution in [1.82, 2.24) is 20.4 Å². The zero-order valence-electron chi connectivity index (χ0n) is 12.7. The van der Waals surface area contributed by atoms with Crippen LogP contribution in [-0.2, 0) is 20.0 Å². The predicted octanol–water partition coefficient (Wildman–Crippen LogP) is 2.10. The molecule has 120 valence electrons. The van der Waals surface area contributed by atoms with E-state index in [1.54, 1.807) is 18.5 Å². The second-order valence-corrected chi connectivity index (χ2v) is 4.54. The van der Waals surface area contributed by atoms with Crippen LogP contribution in [0.1, 0.15) is 11.5 Å². The van der Waals surface area contributed by atoms with Gasteiger partial charge in [0.1, 0.15) is 5.76 Å². The fourth-order valence-corrected chi connectivity index (χ4v) is 1.82. The molecule has 2 N–H and O–H groups in total. The van der Waals surface area contributed by atoms with E-state index >= 15 is 0 Å². The van der Waals surface area contributed by atoms with Crippen molar-refractivity contribution in [2.45, 2.75) is 13.0 Å². The van der Waals surface area contributed by atoms with Gasteiger partial charge in [-0.05, 0) is 18.2 Å². The van der Waals surface area contributed by atoms with Gasteiger partial charge in [0.2, 0.25) is 0 Å². The van der Waals surface area contributed by atoms with Crippen molar-refractivity contribution >= 4 is 29.9 Å². The Morgan fingerprint density at radius 2 is 2.32 bits per heavy atom. The molecule has 0 aliphatic heterocycles. The molecule has 2 aromatic heterocycles. The maximum atomic E-state index is 5.30. The molecule has 22 heavy (non-hydrogen) atoms. The summed E-state index contributed by atoms with van der Waals surface area (Å²) in [7, 11) is 1.91. The molecule has 0 saturated heterocycles. The van der Waals surface area contributed by atoms with Crippen molar-refractivity contribution in [1.29, 1.82) is 0 Å². The monoisotopic (exact) mass is 415 g/mol. The molecule has 0 aliphatic carbocycles. The average Bonchev–Trinajstić information content (AvgIpc) is 3.13. The number of furan rings is 1. The Hall–Kier alpha value is -1.77. The summed E-state index contributed by atoms with van der Waals surface area (Å²) in [5, 5.41) is 10.6. The van der Waals surface area contributed by atoms with Crippen LogP contribution in [0, 0.1) is 0 Å². The Bertz CT molecular complexity index is 577. The van der Waals surface area contributed by atoms with E-state index < -0.39 is 0 Å². The first-order chi connectivity index (χ1) is 10.3. The Labute approximate surface area is 147 Å². The lowest BCUT2D eigenvalue weighted by atomic mass is 10.3. The highest BCUT2D eigenvalue weighted by Gasteiger charge is 2.01. The summed E-state index contributed by atoms with van der Waals surface area (Å²) in [6.45, 7) is 5.69. The van der Waals surface area contributed by atoms with Crippen LogP contribution in [0.25, 0.3) is 0 Å². The second-order valence-electron chi connectivity index (χ2n) is 4.54. The minimum Gasteiger partial charge on any atom is -0.469 e. The molecule has 2 aromatic rings. The molecule has 6 nitrogen and oxygen atoms in total. The summed E-state index contributed by atoms with van der Waals surface area (Å²) in [5.74, 6) is 1.71. The summed E-state index contributed by atoms with van der Waals surface area (Å²) < 4.78 is 7.12. The SMILES string of the molecule is C=CCNC(=NCc1ccnn1C)NCCc1ccco1.I. The molecular weight excluding hydrogens is 393 g/mol. The number of guanidine groups is 1. The molecule has 7 heteroatoms. The minimum atomic E-state index is 0. The molecule has 0 radical (unpaired) electrons. The molecule has 0 spiro atoms. The lowest BCUT2D eigenvalue weighted by Gasteiger charge is -2.10. The molecule has 0 aromatic carbocycles. The number of aromatic nitrogens is 2. The van der Waals surface area contributed by atoms with Crippen molar-refractivity contribution in [3.63, 3.8) is 0 Å². The highest BCUT2D eigenvalue weighted by Crippen LogP contribution is 2.00. The zero-order valence-corrected chi connectivity index (χ0v) is 15.0. The van der Waals surface area contributed by atoms with Crippen LogP contribution >= 0.6 is 24.0 Å². The highest BCUT2D eigenvalue weighted by atomic mass is 127. The molecule has 0 amide bonds. The van der Waals surface area contributed by atoms with E-state index in [-0.39, 0.29) is 24.0 Å². The Kier molecular flexibility index (Phi) is 8.34. The van der Waals surface area contributed by atoms with E-state index in [9.17, 15) is 0 Å². The van der Waals surface area contributed by atoms with Crippen molar-refractivity contribution < 1.29 is 4.42 Å². The predicted molar refractivity (Wildman–Crippen MR) is 98.4 cm³/mol. The second kappa shape index (κ2) is 10.0. The molecule has 2 rings (SSSR count). The number of aryl methyl sites for hydroxylation is 1. The van der Waals surface area contributed by atoms with E-state index in [0.29, 0.717) is 13.1 Å². The van der Waals surface area contributed by atoms with Crippen LogP contribution in [-0.4, -0.2) is 28.8 Å². The van der Waals surface area contributed by atoms with Crippen molar-refractivity contribution in [2.75, 3.05) is 13.1 Å². The number of hydrogen-bond acceptors (Lipinski definition) is 3. The van der Waals surface area contributed by atoms with Crippen molar-refractivity contribution in [2.24, 2.45) is 12.0 Å². The van der Waals surface area contributed by atoms with Gasteiger partial charge in [-0.2, -0.15) is 5.10 Å². The first-order valence-corrected chi connectivity index (χ1v) is 6.92. The lowest BCUT2D eigenvalue weighted by molar-refractivity contribution is 0.507. The molecule has 0 bridgehead atoms. The van der Waals surface area contributed by atoms with E-state index in [1.807, 2.05) is 29.9 Å². The third kappa shape index (κ3) is 5.92. The van der Waals surface area contributed by atoms with Gasteiger partial charge >= 0.3 is 0 Å². The molecule has 2 heterocycles. The number of nitrogens with one attached hydrogen (secondary N) is 2. The Balaban J connectivity index is 0.00000242. The van der Waals surface area contributed by atoms with Gasteiger partial charge in [-0.15, -0.1) is 30.6 Å².